The molecule has 0 spiro atoms. The van der Waals surface area contributed by atoms with E-state index < -0.39 is 23.7 Å². The van der Waals surface area contributed by atoms with Crippen LogP contribution in [0.2, 0.25) is 0 Å². The lowest BCUT2D eigenvalue weighted by atomic mass is 10.1. The summed E-state index contributed by atoms with van der Waals surface area (Å²) in [6.45, 7) is 5.85. The van der Waals surface area contributed by atoms with Crippen molar-refractivity contribution in [1.29, 1.82) is 0 Å². The number of carboxylic acid groups (broad SMARTS) is 2. The van der Waals surface area contributed by atoms with Gasteiger partial charge in [0.15, 0.2) is 5.82 Å². The van der Waals surface area contributed by atoms with Crippen molar-refractivity contribution >= 4 is 23.7 Å². The second kappa shape index (κ2) is 12.3. The van der Waals surface area contributed by atoms with E-state index in [4.69, 9.17) is 10.2 Å². The number of aryl methyl sites for hydroxylation is 1. The third kappa shape index (κ3) is 7.26. The first-order valence-electron chi connectivity index (χ1n) is 12.7. The summed E-state index contributed by atoms with van der Waals surface area (Å²) in [5.41, 5.74) is 2.97. The van der Waals surface area contributed by atoms with Gasteiger partial charge in [-0.15, -0.1) is 10.2 Å². The Morgan fingerprint density at radius 1 is 1.10 bits per heavy atom. The van der Waals surface area contributed by atoms with Gasteiger partial charge in [0.2, 0.25) is 0 Å². The van der Waals surface area contributed by atoms with Crippen LogP contribution in [0.25, 0.3) is 17.2 Å². The number of nitrogens with zero attached hydrogens (tertiary/aromatic N) is 6. The highest BCUT2D eigenvalue weighted by Gasteiger charge is 2.26. The molecule has 1 aromatic carbocycles. The molecule has 3 heterocycles. The average Bonchev–Trinajstić information content (AvgIpc) is 3.43. The summed E-state index contributed by atoms with van der Waals surface area (Å²) in [7, 11) is 0. The van der Waals surface area contributed by atoms with E-state index in [1.165, 1.54) is 6.07 Å². The quantitative estimate of drug-likeness (QED) is 0.264. The van der Waals surface area contributed by atoms with Gasteiger partial charge in [0, 0.05) is 30.3 Å². The minimum atomic E-state index is -1.26. The van der Waals surface area contributed by atoms with Crippen LogP contribution in [-0.4, -0.2) is 57.4 Å². The van der Waals surface area contributed by atoms with Crippen LogP contribution in [0.1, 0.15) is 60.3 Å². The molecule has 5 rings (SSSR count). The van der Waals surface area contributed by atoms with Gasteiger partial charge in [0.25, 0.3) is 5.91 Å². The van der Waals surface area contributed by atoms with Gasteiger partial charge in [-0.3, -0.25) is 4.79 Å². The SMILES string of the molecule is Cc1cc(F)c(C(=O)Nc2cccc(-c3nncn3C(C)C)n2)cc1-n1cnc(C2CC2)c1.O=C(O)C=CC(=O)O. The van der Waals surface area contributed by atoms with Crippen molar-refractivity contribution in [2.75, 3.05) is 5.32 Å². The van der Waals surface area contributed by atoms with E-state index in [0.29, 0.717) is 41.1 Å². The Bertz CT molecular complexity index is 1610. The third-order valence-corrected chi connectivity index (χ3v) is 6.12. The van der Waals surface area contributed by atoms with Crippen molar-refractivity contribution in [3.8, 4) is 17.2 Å². The molecule has 1 aliphatic carbocycles. The number of aromatic nitrogens is 6. The van der Waals surface area contributed by atoms with Gasteiger partial charge in [-0.1, -0.05) is 6.07 Å². The Morgan fingerprint density at radius 2 is 1.80 bits per heavy atom. The van der Waals surface area contributed by atoms with E-state index in [1.54, 1.807) is 36.9 Å². The fraction of sp³-hybridized carbons (Fsp3) is 0.250. The lowest BCUT2D eigenvalue weighted by Gasteiger charge is -2.12. The lowest BCUT2D eigenvalue weighted by molar-refractivity contribution is -0.134. The molecule has 0 aliphatic heterocycles. The standard InChI is InChI=1S/C24H24FN7O.C4H4O4/c1-14(2)32-13-27-30-23(32)19-5-4-6-22(28-19)29-24(33)17-10-21(15(3)9-18(17)25)31-11-20(26-12-31)16-7-8-16;5-3(6)1-2-4(7)8/h4-6,9-14,16H,7-8H2,1-3H3,(H,28,29,33);1-2H,(H,5,6)(H,7,8). The number of halogens is 1. The van der Waals surface area contributed by atoms with Crippen molar-refractivity contribution in [3.63, 3.8) is 0 Å². The van der Waals surface area contributed by atoms with Crippen molar-refractivity contribution in [2.45, 2.75) is 45.6 Å². The summed E-state index contributed by atoms with van der Waals surface area (Å²) in [4.78, 5) is 41.0. The number of rotatable bonds is 8. The molecule has 4 aromatic rings. The van der Waals surface area contributed by atoms with Crippen LogP contribution in [0.3, 0.4) is 0 Å². The highest BCUT2D eigenvalue weighted by atomic mass is 19.1. The summed E-state index contributed by atoms with van der Waals surface area (Å²) < 4.78 is 18.5. The number of carbonyl (C=O) groups is 3. The molecule has 12 nitrogen and oxygen atoms in total. The molecular weight excluding hydrogens is 533 g/mol. The minimum absolute atomic E-state index is 0.0603. The molecule has 1 saturated carbocycles. The van der Waals surface area contributed by atoms with Crippen molar-refractivity contribution in [1.82, 2.24) is 29.3 Å². The Hall–Kier alpha value is -5.20. The molecule has 212 valence electrons. The van der Waals surface area contributed by atoms with Crippen LogP contribution >= 0.6 is 0 Å². The van der Waals surface area contributed by atoms with Crippen LogP contribution in [0.15, 0.2) is 61.3 Å². The first kappa shape index (κ1) is 28.8. The van der Waals surface area contributed by atoms with Crippen molar-refractivity contribution < 1.29 is 29.0 Å². The first-order chi connectivity index (χ1) is 19.5. The maximum absolute atomic E-state index is 14.8. The lowest BCUT2D eigenvalue weighted by Crippen LogP contribution is -2.16. The largest absolute Gasteiger partial charge is 0.478 e. The molecule has 13 heteroatoms. The van der Waals surface area contributed by atoms with Gasteiger partial charge in [0.1, 0.15) is 23.7 Å². The van der Waals surface area contributed by atoms with E-state index >= 15 is 0 Å². The average molecular weight is 562 g/mol. The molecule has 0 radical (unpaired) electrons. The second-order valence-corrected chi connectivity index (χ2v) is 9.63. The zero-order chi connectivity index (χ0) is 29.7. The Balaban J connectivity index is 0.000000426. The van der Waals surface area contributed by atoms with Crippen LogP contribution in [-0.2, 0) is 9.59 Å². The van der Waals surface area contributed by atoms with Crippen molar-refractivity contribution in [3.05, 3.63) is 84.0 Å². The smallest absolute Gasteiger partial charge is 0.328 e. The number of nitrogens with one attached hydrogen (secondary N) is 1. The summed E-state index contributed by atoms with van der Waals surface area (Å²) in [5.74, 6) is -2.28. The molecule has 1 aliphatic rings. The van der Waals surface area contributed by atoms with Crippen LogP contribution in [0, 0.1) is 12.7 Å². The summed E-state index contributed by atoms with van der Waals surface area (Å²) in [5, 5.41) is 26.4. The zero-order valence-electron chi connectivity index (χ0n) is 22.5. The molecule has 3 N–H and O–H groups in total. The van der Waals surface area contributed by atoms with E-state index in [2.05, 4.69) is 25.5 Å². The van der Waals surface area contributed by atoms with E-state index in [0.717, 1.165) is 24.1 Å². The number of carboxylic acids is 2. The number of aliphatic carboxylic acids is 2. The number of hydrogen-bond donors (Lipinski definition) is 3. The van der Waals surface area contributed by atoms with Gasteiger partial charge >= 0.3 is 11.9 Å². The first-order valence-corrected chi connectivity index (χ1v) is 12.7. The summed E-state index contributed by atoms with van der Waals surface area (Å²) >= 11 is 0. The number of anilines is 1. The fourth-order valence-electron chi connectivity index (χ4n) is 3.93. The van der Waals surface area contributed by atoms with Gasteiger partial charge in [-0.05, 0) is 63.4 Å². The third-order valence-electron chi connectivity index (χ3n) is 6.12. The van der Waals surface area contributed by atoms with Crippen LogP contribution in [0.5, 0.6) is 0 Å². The second-order valence-electron chi connectivity index (χ2n) is 9.63. The predicted molar refractivity (Wildman–Crippen MR) is 146 cm³/mol. The van der Waals surface area contributed by atoms with Gasteiger partial charge in [0.05, 0.1) is 23.3 Å². The maximum atomic E-state index is 14.8. The number of imidazole rings is 1. The molecule has 1 fully saturated rings. The Labute approximate surface area is 234 Å². The number of benzene rings is 1. The van der Waals surface area contributed by atoms with E-state index in [1.807, 2.05) is 36.1 Å². The topological polar surface area (TPSA) is 165 Å². The van der Waals surface area contributed by atoms with Crippen molar-refractivity contribution in [2.24, 2.45) is 0 Å². The molecule has 0 bridgehead atoms. The summed E-state index contributed by atoms with van der Waals surface area (Å²) in [6.07, 6.45) is 8.71. The molecule has 0 unspecified atom stereocenters. The van der Waals surface area contributed by atoms with Gasteiger partial charge < -0.3 is 24.7 Å². The van der Waals surface area contributed by atoms with Gasteiger partial charge in [-0.25, -0.2) is 23.9 Å². The molecule has 1 amide bonds. The molecule has 0 saturated heterocycles. The molecule has 3 aromatic heterocycles. The molecular formula is C28H28FN7O5. The monoisotopic (exact) mass is 561 g/mol. The Morgan fingerprint density at radius 3 is 2.44 bits per heavy atom. The number of amides is 1. The van der Waals surface area contributed by atoms with E-state index in [9.17, 15) is 18.8 Å². The zero-order valence-corrected chi connectivity index (χ0v) is 22.5. The Kier molecular flexibility index (Phi) is 8.66. The maximum Gasteiger partial charge on any atom is 0.328 e. The van der Waals surface area contributed by atoms with Crippen LogP contribution in [0.4, 0.5) is 10.2 Å². The number of pyridine rings is 1. The summed E-state index contributed by atoms with van der Waals surface area (Å²) in [6, 6.07) is 8.29. The normalized spacial score (nSPS) is 12.7. The minimum Gasteiger partial charge on any atom is -0.478 e. The van der Waals surface area contributed by atoms with Gasteiger partial charge in [-0.2, -0.15) is 0 Å². The number of carbonyl (C=O) groups excluding carboxylic acids is 1. The highest BCUT2D eigenvalue weighted by molar-refractivity contribution is 6.04. The fourth-order valence-corrected chi connectivity index (χ4v) is 3.93. The van der Waals surface area contributed by atoms with Crippen LogP contribution < -0.4 is 5.32 Å². The predicted octanol–water partition coefficient (Wildman–Crippen LogP) is 4.40. The number of hydrogen-bond acceptors (Lipinski definition) is 7. The van der Waals surface area contributed by atoms with E-state index in [-0.39, 0.29) is 11.6 Å². The molecule has 0 atom stereocenters. The highest BCUT2D eigenvalue weighted by Crippen LogP contribution is 2.39. The molecule has 41 heavy (non-hydrogen) atoms.